The Hall–Kier alpha value is -1.78. The number of H-pyrrole nitrogens is 1. The third kappa shape index (κ3) is 2.01. The van der Waals surface area contributed by atoms with E-state index in [0.717, 1.165) is 18.2 Å². The highest BCUT2D eigenvalue weighted by atomic mass is 16.5. The van der Waals surface area contributed by atoms with Crippen molar-refractivity contribution in [1.29, 1.82) is 0 Å². The topological polar surface area (TPSA) is 76.8 Å². The maximum Gasteiger partial charge on any atom is 0.320 e. The van der Waals surface area contributed by atoms with Gasteiger partial charge in [-0.25, -0.2) is 0 Å². The molecule has 2 heterocycles. The minimum atomic E-state index is 0.343. The van der Waals surface area contributed by atoms with Crippen LogP contribution in [-0.4, -0.2) is 21.6 Å². The minimum Gasteiger partial charge on any atom is -0.463 e. The largest absolute Gasteiger partial charge is 0.463 e. The number of anilines is 1. The lowest BCUT2D eigenvalue weighted by Crippen LogP contribution is -2.03. The van der Waals surface area contributed by atoms with E-state index in [1.165, 1.54) is 0 Å². The third-order valence-corrected chi connectivity index (χ3v) is 2.15. The molecule has 0 amide bonds. The Bertz CT molecular complexity index is 452. The van der Waals surface area contributed by atoms with Gasteiger partial charge >= 0.3 is 6.01 Å². The Morgan fingerprint density at radius 2 is 2.33 bits per heavy atom. The molecular formula is C10H14N4O. The number of ether oxygens (including phenoxy) is 1. The summed E-state index contributed by atoms with van der Waals surface area (Å²) in [6.45, 7) is 2.73. The monoisotopic (exact) mass is 206 g/mol. The molecule has 0 saturated carbocycles. The molecule has 2 aromatic heterocycles. The van der Waals surface area contributed by atoms with Gasteiger partial charge in [0, 0.05) is 6.20 Å². The normalized spacial score (nSPS) is 10.7. The highest BCUT2D eigenvalue weighted by Gasteiger charge is 2.06. The Kier molecular flexibility index (Phi) is 2.71. The van der Waals surface area contributed by atoms with E-state index in [1.807, 2.05) is 6.07 Å². The van der Waals surface area contributed by atoms with Gasteiger partial charge < -0.3 is 15.5 Å². The summed E-state index contributed by atoms with van der Waals surface area (Å²) in [7, 11) is 0. The SMILES string of the molecule is CCCCOc1nc(N)c2cc[nH]c2n1. The van der Waals surface area contributed by atoms with Crippen LogP contribution in [0.25, 0.3) is 11.0 Å². The third-order valence-electron chi connectivity index (χ3n) is 2.15. The highest BCUT2D eigenvalue weighted by molar-refractivity contribution is 5.85. The molecule has 0 bridgehead atoms. The van der Waals surface area contributed by atoms with Gasteiger partial charge in [0.2, 0.25) is 0 Å². The van der Waals surface area contributed by atoms with E-state index in [9.17, 15) is 0 Å². The number of aromatic nitrogens is 3. The lowest BCUT2D eigenvalue weighted by atomic mass is 10.4. The van der Waals surface area contributed by atoms with E-state index in [2.05, 4.69) is 21.9 Å². The van der Waals surface area contributed by atoms with Crippen LogP contribution in [0.3, 0.4) is 0 Å². The van der Waals surface area contributed by atoms with E-state index in [4.69, 9.17) is 10.5 Å². The van der Waals surface area contributed by atoms with Gasteiger partial charge in [-0.2, -0.15) is 9.97 Å². The highest BCUT2D eigenvalue weighted by Crippen LogP contribution is 2.18. The number of nitrogens with two attached hydrogens (primary N) is 1. The molecular weight excluding hydrogens is 192 g/mol. The first-order valence-corrected chi connectivity index (χ1v) is 5.04. The number of hydrogen-bond donors (Lipinski definition) is 2. The molecule has 0 aliphatic rings. The van der Waals surface area contributed by atoms with E-state index >= 15 is 0 Å². The van der Waals surface area contributed by atoms with Gasteiger partial charge in [0.15, 0.2) is 0 Å². The molecule has 80 valence electrons. The predicted octanol–water partition coefficient (Wildman–Crippen LogP) is 1.72. The maximum absolute atomic E-state index is 5.75. The van der Waals surface area contributed by atoms with E-state index in [0.29, 0.717) is 24.1 Å². The molecule has 5 nitrogen and oxygen atoms in total. The zero-order valence-electron chi connectivity index (χ0n) is 8.66. The number of fused-ring (bicyclic) bond motifs is 1. The summed E-state index contributed by atoms with van der Waals surface area (Å²) in [5.74, 6) is 0.452. The number of nitrogen functional groups attached to an aromatic ring is 1. The quantitative estimate of drug-likeness (QED) is 0.747. The van der Waals surface area contributed by atoms with Gasteiger partial charge in [0.1, 0.15) is 11.5 Å². The molecule has 2 rings (SSSR count). The Morgan fingerprint density at radius 3 is 3.13 bits per heavy atom. The van der Waals surface area contributed by atoms with E-state index in [1.54, 1.807) is 6.20 Å². The second-order valence-corrected chi connectivity index (χ2v) is 3.33. The summed E-state index contributed by atoms with van der Waals surface area (Å²) in [6.07, 6.45) is 3.86. The number of nitrogens with one attached hydrogen (secondary N) is 1. The molecule has 0 aliphatic heterocycles. The summed E-state index contributed by atoms with van der Waals surface area (Å²) in [4.78, 5) is 11.2. The molecule has 0 saturated heterocycles. The first kappa shape index (κ1) is 9.76. The van der Waals surface area contributed by atoms with Gasteiger partial charge in [0.05, 0.1) is 12.0 Å². The summed E-state index contributed by atoms with van der Waals surface area (Å²) in [5, 5.41) is 0.831. The molecule has 0 spiro atoms. The van der Waals surface area contributed by atoms with Crippen LogP contribution in [0, 0.1) is 0 Å². The van der Waals surface area contributed by atoms with Crippen LogP contribution in [0.2, 0.25) is 0 Å². The molecule has 0 radical (unpaired) electrons. The van der Waals surface area contributed by atoms with Gasteiger partial charge in [0.25, 0.3) is 0 Å². The number of unbranched alkanes of at least 4 members (excludes halogenated alkanes) is 1. The van der Waals surface area contributed by atoms with Crippen molar-refractivity contribution in [2.24, 2.45) is 0 Å². The van der Waals surface area contributed by atoms with Gasteiger partial charge in [-0.05, 0) is 12.5 Å². The van der Waals surface area contributed by atoms with Crippen LogP contribution in [0.15, 0.2) is 12.3 Å². The van der Waals surface area contributed by atoms with Crippen LogP contribution < -0.4 is 10.5 Å². The van der Waals surface area contributed by atoms with Gasteiger partial charge in [-0.1, -0.05) is 13.3 Å². The first-order chi connectivity index (χ1) is 7.31. The van der Waals surface area contributed by atoms with Crippen LogP contribution in [0.5, 0.6) is 6.01 Å². The molecule has 0 unspecified atom stereocenters. The fourth-order valence-electron chi connectivity index (χ4n) is 1.32. The maximum atomic E-state index is 5.75. The average molecular weight is 206 g/mol. The standard InChI is InChI=1S/C10H14N4O/c1-2-3-6-15-10-13-8(11)7-4-5-12-9(7)14-10/h4-5H,2-3,6H2,1H3,(H3,11,12,13,14). The molecule has 0 fully saturated rings. The molecule has 0 aromatic carbocycles. The van der Waals surface area contributed by atoms with Gasteiger partial charge in [-0.3, -0.25) is 0 Å². The lowest BCUT2D eigenvalue weighted by molar-refractivity contribution is 0.287. The molecule has 0 aliphatic carbocycles. The second-order valence-electron chi connectivity index (χ2n) is 3.33. The van der Waals surface area contributed by atoms with Crippen molar-refractivity contribution in [2.45, 2.75) is 19.8 Å². The van der Waals surface area contributed by atoms with Crippen molar-refractivity contribution in [1.82, 2.24) is 15.0 Å². The van der Waals surface area contributed by atoms with Crippen LogP contribution in [0.1, 0.15) is 19.8 Å². The Balaban J connectivity index is 2.21. The zero-order valence-corrected chi connectivity index (χ0v) is 8.66. The molecule has 0 atom stereocenters. The smallest absolute Gasteiger partial charge is 0.320 e. The number of rotatable bonds is 4. The lowest BCUT2D eigenvalue weighted by Gasteiger charge is -2.04. The summed E-state index contributed by atoms with van der Waals surface area (Å²) in [5.41, 5.74) is 6.47. The Labute approximate surface area is 87.7 Å². The van der Waals surface area contributed by atoms with Crippen molar-refractivity contribution in [3.8, 4) is 6.01 Å². The number of hydrogen-bond acceptors (Lipinski definition) is 4. The molecule has 2 aromatic rings. The minimum absolute atomic E-state index is 0.343. The van der Waals surface area contributed by atoms with Crippen LogP contribution in [-0.2, 0) is 0 Å². The number of nitrogens with zero attached hydrogens (tertiary/aromatic N) is 2. The van der Waals surface area contributed by atoms with Crippen LogP contribution in [0.4, 0.5) is 5.82 Å². The van der Waals surface area contributed by atoms with Crippen molar-refractivity contribution < 1.29 is 4.74 Å². The van der Waals surface area contributed by atoms with E-state index in [-0.39, 0.29) is 0 Å². The van der Waals surface area contributed by atoms with Crippen molar-refractivity contribution >= 4 is 16.9 Å². The van der Waals surface area contributed by atoms with E-state index < -0.39 is 0 Å². The predicted molar refractivity (Wildman–Crippen MR) is 58.7 cm³/mol. The Morgan fingerprint density at radius 1 is 1.47 bits per heavy atom. The average Bonchev–Trinajstić information content (AvgIpc) is 2.66. The van der Waals surface area contributed by atoms with Gasteiger partial charge in [-0.15, -0.1) is 0 Å². The first-order valence-electron chi connectivity index (χ1n) is 5.04. The molecule has 3 N–H and O–H groups in total. The zero-order chi connectivity index (χ0) is 10.7. The molecule has 15 heavy (non-hydrogen) atoms. The van der Waals surface area contributed by atoms with Crippen molar-refractivity contribution in [3.05, 3.63) is 12.3 Å². The molecule has 5 heteroatoms. The van der Waals surface area contributed by atoms with Crippen molar-refractivity contribution in [3.63, 3.8) is 0 Å². The summed E-state index contributed by atoms with van der Waals surface area (Å²) >= 11 is 0. The summed E-state index contributed by atoms with van der Waals surface area (Å²) in [6, 6.07) is 2.19. The fourth-order valence-corrected chi connectivity index (χ4v) is 1.32. The van der Waals surface area contributed by atoms with Crippen molar-refractivity contribution in [2.75, 3.05) is 12.3 Å². The number of aromatic amines is 1. The van der Waals surface area contributed by atoms with Crippen LogP contribution >= 0.6 is 0 Å². The second kappa shape index (κ2) is 4.16. The fraction of sp³-hybridized carbons (Fsp3) is 0.400. The summed E-state index contributed by atoms with van der Waals surface area (Å²) < 4.78 is 5.38.